The Kier molecular flexibility index (Phi) is 4.52. The van der Waals surface area contributed by atoms with Gasteiger partial charge in [0.05, 0.1) is 4.92 Å². The molecule has 7 heteroatoms. The SMILES string of the molecule is CNC(C)C(C)c1ccc([N+](=O)[O-])c(C(F)(F)F)c1. The number of alkyl halides is 3. The lowest BCUT2D eigenvalue weighted by Gasteiger charge is -2.20. The Labute approximate surface area is 108 Å². The third-order valence-corrected chi connectivity index (χ3v) is 3.25. The average molecular weight is 276 g/mol. The Balaban J connectivity index is 3.30. The van der Waals surface area contributed by atoms with Crippen molar-refractivity contribution in [2.75, 3.05) is 7.05 Å². The highest BCUT2D eigenvalue weighted by molar-refractivity contribution is 5.45. The van der Waals surface area contributed by atoms with E-state index in [1.165, 1.54) is 6.07 Å². The van der Waals surface area contributed by atoms with Crippen LogP contribution in [0.4, 0.5) is 18.9 Å². The molecule has 0 heterocycles. The lowest BCUT2D eigenvalue weighted by Crippen LogP contribution is -2.27. The fraction of sp³-hybridized carbons (Fsp3) is 0.500. The van der Waals surface area contributed by atoms with E-state index in [9.17, 15) is 23.3 Å². The molecule has 0 saturated carbocycles. The van der Waals surface area contributed by atoms with E-state index in [2.05, 4.69) is 5.32 Å². The summed E-state index contributed by atoms with van der Waals surface area (Å²) in [4.78, 5) is 9.62. The number of nitro benzene ring substituents is 1. The largest absolute Gasteiger partial charge is 0.423 e. The molecule has 0 aliphatic rings. The van der Waals surface area contributed by atoms with E-state index in [-0.39, 0.29) is 12.0 Å². The van der Waals surface area contributed by atoms with Gasteiger partial charge in [0.25, 0.3) is 5.69 Å². The summed E-state index contributed by atoms with van der Waals surface area (Å²) in [7, 11) is 1.71. The van der Waals surface area contributed by atoms with Crippen LogP contribution < -0.4 is 5.32 Å². The van der Waals surface area contributed by atoms with Gasteiger partial charge in [-0.1, -0.05) is 13.0 Å². The van der Waals surface area contributed by atoms with Crippen LogP contribution in [0.15, 0.2) is 18.2 Å². The van der Waals surface area contributed by atoms with Crippen molar-refractivity contribution >= 4 is 5.69 Å². The van der Waals surface area contributed by atoms with Crippen LogP contribution in [0.2, 0.25) is 0 Å². The maximum atomic E-state index is 12.8. The lowest BCUT2D eigenvalue weighted by atomic mass is 9.92. The van der Waals surface area contributed by atoms with Gasteiger partial charge in [0.1, 0.15) is 5.56 Å². The number of nitrogens with one attached hydrogen (secondary N) is 1. The first-order chi connectivity index (χ1) is 8.68. The van der Waals surface area contributed by atoms with E-state index < -0.39 is 22.4 Å². The Bertz CT molecular complexity index is 475. The van der Waals surface area contributed by atoms with Gasteiger partial charge in [-0.15, -0.1) is 0 Å². The minimum atomic E-state index is -4.74. The van der Waals surface area contributed by atoms with Crippen LogP contribution in [-0.4, -0.2) is 18.0 Å². The van der Waals surface area contributed by atoms with Crippen molar-refractivity contribution < 1.29 is 18.1 Å². The molecule has 2 unspecified atom stereocenters. The van der Waals surface area contributed by atoms with Gasteiger partial charge >= 0.3 is 6.18 Å². The predicted octanol–water partition coefficient (Wildman–Crippen LogP) is 3.33. The zero-order valence-electron chi connectivity index (χ0n) is 10.8. The molecule has 1 aromatic rings. The summed E-state index contributed by atoms with van der Waals surface area (Å²) < 4.78 is 38.4. The molecule has 0 aromatic heterocycles. The monoisotopic (exact) mass is 276 g/mol. The van der Waals surface area contributed by atoms with Gasteiger partial charge in [0.2, 0.25) is 0 Å². The molecular formula is C12H15F3N2O2. The molecule has 0 bridgehead atoms. The smallest absolute Gasteiger partial charge is 0.317 e. The summed E-state index contributed by atoms with van der Waals surface area (Å²) in [5.41, 5.74) is -1.70. The van der Waals surface area contributed by atoms with E-state index in [4.69, 9.17) is 0 Å². The average Bonchev–Trinajstić information content (AvgIpc) is 2.35. The second-order valence-corrected chi connectivity index (χ2v) is 4.40. The highest BCUT2D eigenvalue weighted by atomic mass is 19.4. The Morgan fingerprint density at radius 1 is 1.32 bits per heavy atom. The normalized spacial score (nSPS) is 15.1. The second kappa shape index (κ2) is 5.56. The number of benzene rings is 1. The van der Waals surface area contributed by atoms with Crippen LogP contribution in [0.3, 0.4) is 0 Å². The minimum Gasteiger partial charge on any atom is -0.317 e. The molecule has 0 aliphatic carbocycles. The first-order valence-corrected chi connectivity index (χ1v) is 5.71. The van der Waals surface area contributed by atoms with Crippen LogP contribution >= 0.6 is 0 Å². The minimum absolute atomic E-state index is 0.0393. The third kappa shape index (κ3) is 3.44. The number of halogens is 3. The molecule has 0 aliphatic heterocycles. The van der Waals surface area contributed by atoms with Crippen LogP contribution in [0.5, 0.6) is 0 Å². The molecule has 1 N–H and O–H groups in total. The number of nitrogens with zero attached hydrogens (tertiary/aromatic N) is 1. The van der Waals surface area contributed by atoms with Gasteiger partial charge in [-0.05, 0) is 31.5 Å². The first-order valence-electron chi connectivity index (χ1n) is 5.71. The molecule has 1 aromatic carbocycles. The van der Waals surface area contributed by atoms with Crippen molar-refractivity contribution in [3.05, 3.63) is 39.4 Å². The van der Waals surface area contributed by atoms with E-state index in [0.717, 1.165) is 12.1 Å². The maximum absolute atomic E-state index is 12.8. The highest BCUT2D eigenvalue weighted by Crippen LogP contribution is 2.38. The summed E-state index contributed by atoms with van der Waals surface area (Å²) in [6, 6.07) is 3.10. The number of hydrogen-bond donors (Lipinski definition) is 1. The van der Waals surface area contributed by atoms with Crippen molar-refractivity contribution in [2.24, 2.45) is 0 Å². The third-order valence-electron chi connectivity index (χ3n) is 3.25. The van der Waals surface area contributed by atoms with Crippen molar-refractivity contribution in [1.82, 2.24) is 5.32 Å². The molecule has 0 fully saturated rings. The highest BCUT2D eigenvalue weighted by Gasteiger charge is 2.38. The first kappa shape index (κ1) is 15.4. The van der Waals surface area contributed by atoms with Gasteiger partial charge in [0.15, 0.2) is 0 Å². The standard InChI is InChI=1S/C12H15F3N2O2/c1-7(8(2)16-3)9-4-5-11(17(18)19)10(6-9)12(13,14)15/h4-8,16H,1-3H3. The van der Waals surface area contributed by atoms with Crippen LogP contribution in [0.25, 0.3) is 0 Å². The molecule has 2 atom stereocenters. The summed E-state index contributed by atoms with van der Waals surface area (Å²) >= 11 is 0. The molecule has 19 heavy (non-hydrogen) atoms. The van der Waals surface area contributed by atoms with Crippen molar-refractivity contribution in [2.45, 2.75) is 32.0 Å². The van der Waals surface area contributed by atoms with E-state index in [0.29, 0.717) is 5.56 Å². The molecule has 4 nitrogen and oxygen atoms in total. The maximum Gasteiger partial charge on any atom is 0.423 e. The van der Waals surface area contributed by atoms with Gasteiger partial charge in [-0.25, -0.2) is 0 Å². The molecule has 0 amide bonds. The summed E-state index contributed by atoms with van der Waals surface area (Å²) in [5.74, 6) is -0.188. The van der Waals surface area contributed by atoms with Gasteiger partial charge < -0.3 is 5.32 Å². The van der Waals surface area contributed by atoms with Gasteiger partial charge in [-0.2, -0.15) is 13.2 Å². The number of nitro groups is 1. The molecule has 0 radical (unpaired) electrons. The Morgan fingerprint density at radius 2 is 1.89 bits per heavy atom. The van der Waals surface area contributed by atoms with Crippen molar-refractivity contribution in [3.63, 3.8) is 0 Å². The molecule has 0 saturated heterocycles. The van der Waals surface area contributed by atoms with Crippen molar-refractivity contribution in [1.29, 1.82) is 0 Å². The summed E-state index contributed by atoms with van der Waals surface area (Å²) in [6.45, 7) is 3.60. The lowest BCUT2D eigenvalue weighted by molar-refractivity contribution is -0.388. The second-order valence-electron chi connectivity index (χ2n) is 4.40. The molecular weight excluding hydrogens is 261 g/mol. The van der Waals surface area contributed by atoms with Crippen LogP contribution in [0.1, 0.15) is 30.9 Å². The quantitative estimate of drug-likeness (QED) is 0.678. The van der Waals surface area contributed by atoms with Gasteiger partial charge in [0, 0.05) is 12.1 Å². The van der Waals surface area contributed by atoms with Gasteiger partial charge in [-0.3, -0.25) is 10.1 Å². The topological polar surface area (TPSA) is 55.2 Å². The molecule has 1 rings (SSSR count). The summed E-state index contributed by atoms with van der Waals surface area (Å²) in [6.07, 6.45) is -4.74. The van der Waals surface area contributed by atoms with E-state index in [1.54, 1.807) is 14.0 Å². The Hall–Kier alpha value is -1.63. The van der Waals surface area contributed by atoms with E-state index >= 15 is 0 Å². The zero-order valence-corrected chi connectivity index (χ0v) is 10.8. The van der Waals surface area contributed by atoms with Crippen LogP contribution in [-0.2, 0) is 6.18 Å². The molecule has 0 spiro atoms. The number of hydrogen-bond acceptors (Lipinski definition) is 3. The Morgan fingerprint density at radius 3 is 2.32 bits per heavy atom. The molecule has 106 valence electrons. The predicted molar refractivity (Wildman–Crippen MR) is 65.0 cm³/mol. The zero-order chi connectivity index (χ0) is 14.8. The number of rotatable bonds is 4. The number of likely N-dealkylation sites (N-methyl/N-ethyl adjacent to an activating group) is 1. The fourth-order valence-corrected chi connectivity index (χ4v) is 1.76. The van der Waals surface area contributed by atoms with Crippen molar-refractivity contribution in [3.8, 4) is 0 Å². The fourth-order valence-electron chi connectivity index (χ4n) is 1.76. The summed E-state index contributed by atoms with van der Waals surface area (Å²) in [5, 5.41) is 13.6. The van der Waals surface area contributed by atoms with Crippen LogP contribution in [0, 0.1) is 10.1 Å². The van der Waals surface area contributed by atoms with E-state index in [1.807, 2.05) is 6.92 Å².